The number of nitrogens with one attached hydrogen (secondary N) is 1. The summed E-state index contributed by atoms with van der Waals surface area (Å²) >= 11 is 4.20. The van der Waals surface area contributed by atoms with Gasteiger partial charge in [0.05, 0.1) is 30.2 Å². The lowest BCUT2D eigenvalue weighted by atomic mass is 10.1. The number of aromatic nitrogens is 2. The van der Waals surface area contributed by atoms with Gasteiger partial charge in [-0.15, -0.1) is 22.7 Å². The highest BCUT2D eigenvalue weighted by molar-refractivity contribution is 8.01. The predicted octanol–water partition coefficient (Wildman–Crippen LogP) is 4.41. The molecule has 1 N–H and O–H groups in total. The van der Waals surface area contributed by atoms with E-state index in [0.717, 1.165) is 15.6 Å². The van der Waals surface area contributed by atoms with Gasteiger partial charge in [0.15, 0.2) is 9.47 Å². The van der Waals surface area contributed by atoms with Crippen LogP contribution in [0.4, 0.5) is 5.13 Å². The third-order valence-corrected chi connectivity index (χ3v) is 6.41. The third-order valence-electron chi connectivity index (χ3n) is 3.59. The van der Waals surface area contributed by atoms with Crippen LogP contribution in [0.25, 0.3) is 11.3 Å². The molecule has 146 valence electrons. The SMILES string of the molecule is CCOC(=O)Cc1csc(NC(=O)CSc2nc(-c3ccc(C)cc3)cs2)n1. The quantitative estimate of drug-likeness (QED) is 0.419. The summed E-state index contributed by atoms with van der Waals surface area (Å²) in [4.78, 5) is 32.4. The number of hydrogen-bond donors (Lipinski definition) is 1. The summed E-state index contributed by atoms with van der Waals surface area (Å²) in [5.74, 6) is -0.239. The van der Waals surface area contributed by atoms with Gasteiger partial charge in [0.2, 0.25) is 5.91 Å². The molecule has 1 aromatic carbocycles. The molecule has 0 fully saturated rings. The van der Waals surface area contributed by atoms with Crippen LogP contribution in [0.15, 0.2) is 39.4 Å². The summed E-state index contributed by atoms with van der Waals surface area (Å²) in [6, 6.07) is 8.20. The van der Waals surface area contributed by atoms with Gasteiger partial charge in [-0.05, 0) is 13.8 Å². The zero-order valence-electron chi connectivity index (χ0n) is 15.4. The number of benzene rings is 1. The van der Waals surface area contributed by atoms with Crippen LogP contribution in [0, 0.1) is 6.92 Å². The van der Waals surface area contributed by atoms with E-state index in [1.54, 1.807) is 12.3 Å². The van der Waals surface area contributed by atoms with E-state index in [1.807, 2.05) is 24.4 Å². The number of rotatable bonds is 8. The molecule has 0 unspecified atom stereocenters. The lowest BCUT2D eigenvalue weighted by molar-refractivity contribution is -0.142. The number of thiazole rings is 2. The Balaban J connectivity index is 1.49. The Labute approximate surface area is 175 Å². The van der Waals surface area contributed by atoms with E-state index in [1.165, 1.54) is 40.0 Å². The van der Waals surface area contributed by atoms with Crippen LogP contribution in [0.3, 0.4) is 0 Å². The van der Waals surface area contributed by atoms with E-state index in [-0.39, 0.29) is 24.1 Å². The summed E-state index contributed by atoms with van der Waals surface area (Å²) < 4.78 is 5.73. The monoisotopic (exact) mass is 433 g/mol. The topological polar surface area (TPSA) is 81.2 Å². The third kappa shape index (κ3) is 5.88. The highest BCUT2D eigenvalue weighted by Gasteiger charge is 2.12. The first-order chi connectivity index (χ1) is 13.5. The smallest absolute Gasteiger partial charge is 0.311 e. The second kappa shape index (κ2) is 9.81. The van der Waals surface area contributed by atoms with Crippen molar-refractivity contribution in [3.8, 4) is 11.3 Å². The highest BCUT2D eigenvalue weighted by Crippen LogP contribution is 2.28. The maximum absolute atomic E-state index is 12.2. The molecule has 9 heteroatoms. The maximum Gasteiger partial charge on any atom is 0.311 e. The molecule has 1 amide bonds. The van der Waals surface area contributed by atoms with Crippen molar-refractivity contribution < 1.29 is 14.3 Å². The zero-order valence-corrected chi connectivity index (χ0v) is 17.9. The van der Waals surface area contributed by atoms with E-state index < -0.39 is 0 Å². The first-order valence-corrected chi connectivity index (χ1v) is 11.3. The van der Waals surface area contributed by atoms with Gasteiger partial charge in [0.1, 0.15) is 0 Å². The summed E-state index contributed by atoms with van der Waals surface area (Å²) in [7, 11) is 0. The van der Waals surface area contributed by atoms with Crippen molar-refractivity contribution in [3.63, 3.8) is 0 Å². The van der Waals surface area contributed by atoms with Crippen molar-refractivity contribution in [2.24, 2.45) is 0 Å². The van der Waals surface area contributed by atoms with E-state index in [9.17, 15) is 9.59 Å². The second-order valence-electron chi connectivity index (χ2n) is 5.83. The maximum atomic E-state index is 12.2. The molecule has 3 rings (SSSR count). The van der Waals surface area contributed by atoms with Gasteiger partial charge in [0.25, 0.3) is 0 Å². The number of anilines is 1. The minimum Gasteiger partial charge on any atom is -0.466 e. The molecule has 0 saturated heterocycles. The van der Waals surface area contributed by atoms with Gasteiger partial charge in [-0.1, -0.05) is 41.6 Å². The number of nitrogens with zero attached hydrogens (tertiary/aromatic N) is 2. The van der Waals surface area contributed by atoms with Crippen LogP contribution in [-0.2, 0) is 20.7 Å². The van der Waals surface area contributed by atoms with Gasteiger partial charge in [-0.2, -0.15) is 0 Å². The van der Waals surface area contributed by atoms with Crippen molar-refractivity contribution in [2.75, 3.05) is 17.7 Å². The molecule has 0 atom stereocenters. The Kier molecular flexibility index (Phi) is 7.18. The van der Waals surface area contributed by atoms with Crippen molar-refractivity contribution in [1.29, 1.82) is 0 Å². The molecule has 3 aromatic rings. The average Bonchev–Trinajstić information content (AvgIpc) is 3.30. The van der Waals surface area contributed by atoms with Crippen LogP contribution in [0.2, 0.25) is 0 Å². The minimum atomic E-state index is -0.325. The van der Waals surface area contributed by atoms with E-state index >= 15 is 0 Å². The molecular formula is C19H19N3O3S3. The molecule has 0 radical (unpaired) electrons. The van der Waals surface area contributed by atoms with Crippen LogP contribution >= 0.6 is 34.4 Å². The molecule has 0 bridgehead atoms. The van der Waals surface area contributed by atoms with Gasteiger partial charge < -0.3 is 10.1 Å². The van der Waals surface area contributed by atoms with Crippen LogP contribution in [0.1, 0.15) is 18.2 Å². The first-order valence-electron chi connectivity index (χ1n) is 8.58. The fraction of sp³-hybridized carbons (Fsp3) is 0.263. The van der Waals surface area contributed by atoms with Crippen molar-refractivity contribution in [1.82, 2.24) is 9.97 Å². The molecule has 6 nitrogen and oxygen atoms in total. The molecule has 0 aliphatic heterocycles. The second-order valence-corrected chi connectivity index (χ2v) is 8.77. The predicted molar refractivity (Wildman–Crippen MR) is 114 cm³/mol. The summed E-state index contributed by atoms with van der Waals surface area (Å²) in [5, 5.41) is 6.97. The van der Waals surface area contributed by atoms with Crippen LogP contribution in [0.5, 0.6) is 0 Å². The molecule has 0 spiro atoms. The minimum absolute atomic E-state index is 0.107. The Morgan fingerprint density at radius 2 is 1.93 bits per heavy atom. The van der Waals surface area contributed by atoms with Gasteiger partial charge in [-0.25, -0.2) is 9.97 Å². The van der Waals surface area contributed by atoms with Crippen LogP contribution < -0.4 is 5.32 Å². The number of esters is 1. The fourth-order valence-corrected chi connectivity index (χ4v) is 4.63. The van der Waals surface area contributed by atoms with Crippen molar-refractivity contribution in [2.45, 2.75) is 24.6 Å². The van der Waals surface area contributed by atoms with Crippen molar-refractivity contribution >= 4 is 51.4 Å². The lowest BCUT2D eigenvalue weighted by Gasteiger charge is -2.00. The molecule has 0 aliphatic rings. The zero-order chi connectivity index (χ0) is 19.9. The van der Waals surface area contributed by atoms with E-state index in [0.29, 0.717) is 17.4 Å². The molecular weight excluding hydrogens is 414 g/mol. The van der Waals surface area contributed by atoms with Gasteiger partial charge in [0, 0.05) is 16.3 Å². The Morgan fingerprint density at radius 1 is 1.14 bits per heavy atom. The number of carbonyl (C=O) groups is 2. The number of hydrogen-bond acceptors (Lipinski definition) is 8. The summed E-state index contributed by atoms with van der Waals surface area (Å²) in [5.41, 5.74) is 3.78. The standard InChI is InChI=1S/C19H19N3O3S3/c1-3-25-17(24)8-14-9-26-18(20-14)22-16(23)11-28-19-21-15(10-27-19)13-6-4-12(2)5-7-13/h4-7,9-10H,3,8,11H2,1-2H3,(H,20,22,23). The molecule has 28 heavy (non-hydrogen) atoms. The number of carbonyl (C=O) groups excluding carboxylic acids is 2. The largest absolute Gasteiger partial charge is 0.466 e. The summed E-state index contributed by atoms with van der Waals surface area (Å²) in [6.07, 6.45) is 0.107. The molecule has 2 aromatic heterocycles. The molecule has 0 saturated carbocycles. The fourth-order valence-electron chi connectivity index (χ4n) is 2.27. The Bertz CT molecular complexity index is 951. The summed E-state index contributed by atoms with van der Waals surface area (Å²) in [6.45, 7) is 4.15. The molecule has 2 heterocycles. The number of aryl methyl sites for hydroxylation is 1. The number of ether oxygens (including phenoxy) is 1. The van der Waals surface area contributed by atoms with Crippen molar-refractivity contribution in [3.05, 3.63) is 46.3 Å². The number of amides is 1. The van der Waals surface area contributed by atoms with Crippen LogP contribution in [-0.4, -0.2) is 34.2 Å². The number of thioether (sulfide) groups is 1. The molecule has 0 aliphatic carbocycles. The first kappa shape index (κ1) is 20.5. The lowest BCUT2D eigenvalue weighted by Crippen LogP contribution is -2.14. The van der Waals surface area contributed by atoms with Gasteiger partial charge >= 0.3 is 5.97 Å². The van der Waals surface area contributed by atoms with E-state index in [4.69, 9.17) is 4.74 Å². The van der Waals surface area contributed by atoms with Gasteiger partial charge in [-0.3, -0.25) is 9.59 Å². The average molecular weight is 434 g/mol. The Hall–Kier alpha value is -2.23. The van der Waals surface area contributed by atoms with E-state index in [2.05, 4.69) is 27.4 Å². The normalized spacial score (nSPS) is 10.6. The Morgan fingerprint density at radius 3 is 2.68 bits per heavy atom. The highest BCUT2D eigenvalue weighted by atomic mass is 32.2.